The van der Waals surface area contributed by atoms with Crippen molar-refractivity contribution in [3.05, 3.63) is 60.6 Å². The van der Waals surface area contributed by atoms with Crippen LogP contribution in [0.15, 0.2) is 54.9 Å². The van der Waals surface area contributed by atoms with Gasteiger partial charge in [-0.3, -0.25) is 14.6 Å². The zero-order valence-corrected chi connectivity index (χ0v) is 17.8. The maximum atomic E-state index is 12.0. The lowest BCUT2D eigenvalue weighted by Crippen LogP contribution is -2.32. The van der Waals surface area contributed by atoms with E-state index in [2.05, 4.69) is 25.3 Å². The Morgan fingerprint density at radius 3 is 2.91 bits per heavy atom. The molecular formula is C24H24N6O2. The normalized spacial score (nSPS) is 12.7. The number of nitrogens with one attached hydrogen (secondary N) is 2. The van der Waals surface area contributed by atoms with E-state index in [0.29, 0.717) is 18.8 Å². The quantitative estimate of drug-likeness (QED) is 0.457. The predicted octanol–water partition coefficient (Wildman–Crippen LogP) is 3.41. The van der Waals surface area contributed by atoms with Crippen LogP contribution in [0.5, 0.6) is 5.75 Å². The van der Waals surface area contributed by atoms with Gasteiger partial charge in [0.05, 0.1) is 11.2 Å². The number of carbonyl (C=O) groups excluding carboxylic acids is 1. The van der Waals surface area contributed by atoms with Crippen LogP contribution in [0.2, 0.25) is 0 Å². The zero-order valence-electron chi connectivity index (χ0n) is 17.8. The molecule has 1 amide bonds. The van der Waals surface area contributed by atoms with Crippen LogP contribution in [0.4, 0.5) is 4.79 Å². The second-order valence-corrected chi connectivity index (χ2v) is 7.67. The van der Waals surface area contributed by atoms with E-state index in [0.717, 1.165) is 52.8 Å². The van der Waals surface area contributed by atoms with Crippen LogP contribution in [0.25, 0.3) is 33.4 Å². The summed E-state index contributed by atoms with van der Waals surface area (Å²) < 4.78 is 7.52. The Bertz CT molecular complexity index is 1270. The van der Waals surface area contributed by atoms with Gasteiger partial charge in [-0.15, -0.1) is 0 Å². The topological polar surface area (TPSA) is 94.0 Å². The van der Waals surface area contributed by atoms with Crippen molar-refractivity contribution in [1.29, 1.82) is 0 Å². The van der Waals surface area contributed by atoms with Gasteiger partial charge in [-0.25, -0.2) is 4.79 Å². The first kappa shape index (κ1) is 20.1. The molecule has 5 rings (SSSR count). The third kappa shape index (κ3) is 3.80. The van der Waals surface area contributed by atoms with Crippen LogP contribution < -0.4 is 15.4 Å². The maximum absolute atomic E-state index is 12.0. The Labute approximate surface area is 185 Å². The molecule has 0 spiro atoms. The molecule has 0 bridgehead atoms. The van der Waals surface area contributed by atoms with Crippen LogP contribution in [0.3, 0.4) is 0 Å². The SMILES string of the molecule is CNCCNC(=O)Oc1ccc2c(-c3c(-c4ccccn4)nn4c3CCC4)ccnc2c1. The summed E-state index contributed by atoms with van der Waals surface area (Å²) in [6, 6.07) is 13.4. The highest BCUT2D eigenvalue weighted by atomic mass is 16.6. The predicted molar refractivity (Wildman–Crippen MR) is 122 cm³/mol. The van der Waals surface area contributed by atoms with Gasteiger partial charge in [0, 0.05) is 54.7 Å². The molecule has 0 aliphatic carbocycles. The first-order chi connectivity index (χ1) is 15.7. The number of fused-ring (bicyclic) bond motifs is 2. The number of benzene rings is 1. The highest BCUT2D eigenvalue weighted by Gasteiger charge is 2.25. The first-order valence-corrected chi connectivity index (χ1v) is 10.7. The molecule has 1 aromatic carbocycles. The van der Waals surface area contributed by atoms with E-state index in [4.69, 9.17) is 9.84 Å². The largest absolute Gasteiger partial charge is 0.412 e. The fourth-order valence-corrected chi connectivity index (χ4v) is 4.14. The van der Waals surface area contributed by atoms with Gasteiger partial charge in [-0.1, -0.05) is 6.07 Å². The highest BCUT2D eigenvalue weighted by Crippen LogP contribution is 2.40. The molecule has 0 unspecified atom stereocenters. The number of amides is 1. The number of nitrogens with zero attached hydrogens (tertiary/aromatic N) is 4. The lowest BCUT2D eigenvalue weighted by atomic mass is 9.96. The zero-order chi connectivity index (χ0) is 21.9. The Hall–Kier alpha value is -3.78. The number of rotatable bonds is 6. The first-order valence-electron chi connectivity index (χ1n) is 10.7. The summed E-state index contributed by atoms with van der Waals surface area (Å²) >= 11 is 0. The summed E-state index contributed by atoms with van der Waals surface area (Å²) in [6.45, 7) is 2.08. The van der Waals surface area contributed by atoms with Crippen molar-refractivity contribution in [2.24, 2.45) is 0 Å². The number of hydrogen-bond acceptors (Lipinski definition) is 6. The third-order valence-corrected chi connectivity index (χ3v) is 5.59. The summed E-state index contributed by atoms with van der Waals surface area (Å²) in [7, 11) is 1.83. The summed E-state index contributed by atoms with van der Waals surface area (Å²) in [4.78, 5) is 21.1. The number of likely N-dealkylation sites (N-methyl/N-ethyl adjacent to an activating group) is 1. The average Bonchev–Trinajstić information content (AvgIpc) is 3.41. The van der Waals surface area contributed by atoms with Crippen molar-refractivity contribution in [3.8, 4) is 28.3 Å². The molecule has 8 heteroatoms. The van der Waals surface area contributed by atoms with Crippen molar-refractivity contribution in [2.45, 2.75) is 19.4 Å². The molecule has 1 aliphatic heterocycles. The summed E-state index contributed by atoms with van der Waals surface area (Å²) in [5, 5.41) is 11.5. The Kier molecular flexibility index (Phi) is 5.51. The van der Waals surface area contributed by atoms with Gasteiger partial charge in [0.1, 0.15) is 11.4 Å². The molecule has 0 radical (unpaired) electrons. The minimum atomic E-state index is -0.484. The minimum absolute atomic E-state index is 0.453. The molecule has 2 N–H and O–H groups in total. The summed E-state index contributed by atoms with van der Waals surface area (Å²) in [5.74, 6) is 0.453. The van der Waals surface area contributed by atoms with Crippen molar-refractivity contribution in [1.82, 2.24) is 30.4 Å². The number of pyridine rings is 2. The molecule has 4 aromatic rings. The van der Waals surface area contributed by atoms with E-state index in [1.165, 1.54) is 5.69 Å². The second-order valence-electron chi connectivity index (χ2n) is 7.67. The molecule has 8 nitrogen and oxygen atoms in total. The van der Waals surface area contributed by atoms with Crippen LogP contribution in [-0.4, -0.2) is 46.0 Å². The lowest BCUT2D eigenvalue weighted by Gasteiger charge is -2.11. The maximum Gasteiger partial charge on any atom is 0.412 e. The lowest BCUT2D eigenvalue weighted by molar-refractivity contribution is 0.200. The number of hydrogen-bond donors (Lipinski definition) is 2. The monoisotopic (exact) mass is 428 g/mol. The fourth-order valence-electron chi connectivity index (χ4n) is 4.14. The highest BCUT2D eigenvalue weighted by molar-refractivity contribution is 5.99. The fraction of sp³-hybridized carbons (Fsp3) is 0.250. The van der Waals surface area contributed by atoms with Gasteiger partial charge in [0.2, 0.25) is 0 Å². The van der Waals surface area contributed by atoms with Crippen molar-refractivity contribution >= 4 is 17.0 Å². The number of aromatic nitrogens is 4. The van der Waals surface area contributed by atoms with E-state index in [1.54, 1.807) is 24.5 Å². The van der Waals surface area contributed by atoms with Crippen LogP contribution in [-0.2, 0) is 13.0 Å². The van der Waals surface area contributed by atoms with Crippen LogP contribution in [0, 0.1) is 0 Å². The second kappa shape index (κ2) is 8.76. The van der Waals surface area contributed by atoms with E-state index in [1.807, 2.05) is 37.4 Å². The average molecular weight is 428 g/mol. The molecule has 0 saturated heterocycles. The molecule has 0 fully saturated rings. The molecule has 162 valence electrons. The van der Waals surface area contributed by atoms with Crippen molar-refractivity contribution in [2.75, 3.05) is 20.1 Å². The number of aryl methyl sites for hydroxylation is 1. The Morgan fingerprint density at radius 2 is 2.06 bits per heavy atom. The third-order valence-electron chi connectivity index (χ3n) is 5.59. The summed E-state index contributed by atoms with van der Waals surface area (Å²) in [5.41, 5.74) is 5.89. The van der Waals surface area contributed by atoms with E-state index >= 15 is 0 Å². The van der Waals surface area contributed by atoms with Gasteiger partial charge < -0.3 is 15.4 Å². The minimum Gasteiger partial charge on any atom is -0.410 e. The van der Waals surface area contributed by atoms with Gasteiger partial charge in [-0.05, 0) is 55.8 Å². The van der Waals surface area contributed by atoms with Gasteiger partial charge in [-0.2, -0.15) is 5.10 Å². The molecule has 32 heavy (non-hydrogen) atoms. The van der Waals surface area contributed by atoms with E-state index in [9.17, 15) is 4.79 Å². The van der Waals surface area contributed by atoms with Crippen LogP contribution >= 0.6 is 0 Å². The molecular weight excluding hydrogens is 404 g/mol. The van der Waals surface area contributed by atoms with E-state index < -0.39 is 6.09 Å². The molecule has 4 heterocycles. The Morgan fingerprint density at radius 1 is 1.12 bits per heavy atom. The van der Waals surface area contributed by atoms with Gasteiger partial charge in [0.25, 0.3) is 0 Å². The van der Waals surface area contributed by atoms with Crippen molar-refractivity contribution < 1.29 is 9.53 Å². The molecule has 3 aromatic heterocycles. The van der Waals surface area contributed by atoms with Crippen molar-refractivity contribution in [3.63, 3.8) is 0 Å². The molecule has 0 saturated carbocycles. The van der Waals surface area contributed by atoms with Gasteiger partial charge in [0.15, 0.2) is 0 Å². The standard InChI is InChI=1S/C24H24N6O2/c1-25-12-13-28-24(31)32-16-7-8-17-18(9-11-27-20(17)15-16)22-21-6-4-14-30(21)29-23(22)19-5-2-3-10-26-19/h2-3,5,7-11,15,25H,4,6,12-14H2,1H3,(H,28,31). The van der Waals surface area contributed by atoms with E-state index in [-0.39, 0.29) is 0 Å². The van der Waals surface area contributed by atoms with Crippen LogP contribution in [0.1, 0.15) is 12.1 Å². The number of ether oxygens (including phenoxy) is 1. The smallest absolute Gasteiger partial charge is 0.410 e. The molecule has 1 aliphatic rings. The van der Waals surface area contributed by atoms with Gasteiger partial charge >= 0.3 is 6.09 Å². The molecule has 0 atom stereocenters. The Balaban J connectivity index is 1.54. The number of carbonyl (C=O) groups is 1. The summed E-state index contributed by atoms with van der Waals surface area (Å²) in [6.07, 6.45) is 5.16.